The molecule has 0 aliphatic carbocycles. The number of rotatable bonds is 4. The Morgan fingerprint density at radius 2 is 2.08 bits per heavy atom. The van der Waals surface area contributed by atoms with E-state index in [2.05, 4.69) is 31.6 Å². The largest absolute Gasteiger partial charge is 0.273 e. The molecule has 0 aromatic rings. The highest BCUT2D eigenvalue weighted by molar-refractivity contribution is 5.27. The molecule has 0 amide bonds. The fraction of sp³-hybridized carbons (Fsp3) is 0.364. The molecule has 0 aliphatic heterocycles. The lowest BCUT2D eigenvalue weighted by atomic mass is 10.0. The normalized spacial score (nSPS) is 15.8. The SMILES string of the molecule is C=N/C=C(\C)C(C)/C=C\C=C/C. The van der Waals surface area contributed by atoms with E-state index in [0.29, 0.717) is 5.92 Å². The Bertz CT molecular complexity index is 209. The molecule has 0 spiro atoms. The molecule has 1 heteroatoms. The number of hydrogen-bond donors (Lipinski definition) is 0. The van der Waals surface area contributed by atoms with Gasteiger partial charge in [0.2, 0.25) is 0 Å². The quantitative estimate of drug-likeness (QED) is 0.445. The highest BCUT2D eigenvalue weighted by atomic mass is 14.6. The van der Waals surface area contributed by atoms with Gasteiger partial charge in [0.05, 0.1) is 0 Å². The van der Waals surface area contributed by atoms with Gasteiger partial charge in [-0.3, -0.25) is 4.99 Å². The molecule has 0 saturated carbocycles. The molecule has 0 rings (SSSR count). The molecule has 0 bridgehead atoms. The van der Waals surface area contributed by atoms with E-state index in [4.69, 9.17) is 0 Å². The lowest BCUT2D eigenvalue weighted by molar-refractivity contribution is 0.858. The number of allylic oxidation sites excluding steroid dienone is 5. The molecule has 0 radical (unpaired) electrons. The molecule has 1 atom stereocenters. The zero-order valence-corrected chi connectivity index (χ0v) is 8.12. The second-order valence-corrected chi connectivity index (χ2v) is 2.76. The molecular formula is C11H17N. The topological polar surface area (TPSA) is 12.4 Å². The summed E-state index contributed by atoms with van der Waals surface area (Å²) in [5.41, 5.74) is 1.23. The number of aliphatic imine (C=N–C) groups is 1. The molecule has 1 unspecified atom stereocenters. The van der Waals surface area contributed by atoms with Crippen LogP contribution in [0.15, 0.2) is 41.1 Å². The van der Waals surface area contributed by atoms with Crippen LogP contribution in [0.1, 0.15) is 20.8 Å². The molecule has 0 aromatic heterocycles. The van der Waals surface area contributed by atoms with Gasteiger partial charge in [0, 0.05) is 6.20 Å². The zero-order valence-electron chi connectivity index (χ0n) is 8.12. The lowest BCUT2D eigenvalue weighted by Gasteiger charge is -2.03. The first kappa shape index (κ1) is 10.9. The Hall–Kier alpha value is -1.11. The van der Waals surface area contributed by atoms with Crippen molar-refractivity contribution < 1.29 is 0 Å². The predicted molar refractivity (Wildman–Crippen MR) is 56.4 cm³/mol. The minimum atomic E-state index is 0.437. The summed E-state index contributed by atoms with van der Waals surface area (Å²) in [5, 5.41) is 0. The van der Waals surface area contributed by atoms with Gasteiger partial charge in [-0.2, -0.15) is 0 Å². The van der Waals surface area contributed by atoms with Gasteiger partial charge < -0.3 is 0 Å². The van der Waals surface area contributed by atoms with Crippen LogP contribution in [0.25, 0.3) is 0 Å². The van der Waals surface area contributed by atoms with Crippen LogP contribution in [0.4, 0.5) is 0 Å². The van der Waals surface area contributed by atoms with E-state index in [9.17, 15) is 0 Å². The van der Waals surface area contributed by atoms with Crippen molar-refractivity contribution in [3.05, 3.63) is 36.1 Å². The summed E-state index contributed by atoms with van der Waals surface area (Å²) in [6.07, 6.45) is 10.0. The third kappa shape index (κ3) is 4.67. The summed E-state index contributed by atoms with van der Waals surface area (Å²) in [6.45, 7) is 9.61. The lowest BCUT2D eigenvalue weighted by Crippen LogP contribution is -1.89. The van der Waals surface area contributed by atoms with Crippen molar-refractivity contribution in [2.75, 3.05) is 0 Å². The average molecular weight is 163 g/mol. The fourth-order valence-corrected chi connectivity index (χ4v) is 0.755. The maximum atomic E-state index is 3.72. The summed E-state index contributed by atoms with van der Waals surface area (Å²) in [5.74, 6) is 0.437. The Morgan fingerprint density at radius 3 is 2.58 bits per heavy atom. The van der Waals surface area contributed by atoms with Crippen LogP contribution < -0.4 is 0 Å². The van der Waals surface area contributed by atoms with Crippen molar-refractivity contribution in [1.29, 1.82) is 0 Å². The van der Waals surface area contributed by atoms with Crippen LogP contribution in [0.3, 0.4) is 0 Å². The van der Waals surface area contributed by atoms with E-state index >= 15 is 0 Å². The Labute approximate surface area is 75.2 Å². The van der Waals surface area contributed by atoms with E-state index < -0.39 is 0 Å². The molecular weight excluding hydrogens is 146 g/mol. The van der Waals surface area contributed by atoms with Crippen LogP contribution in [0.5, 0.6) is 0 Å². The number of hydrogen-bond acceptors (Lipinski definition) is 1. The molecule has 0 saturated heterocycles. The van der Waals surface area contributed by atoms with Gasteiger partial charge in [-0.15, -0.1) is 0 Å². The minimum Gasteiger partial charge on any atom is -0.273 e. The van der Waals surface area contributed by atoms with E-state index in [1.807, 2.05) is 25.2 Å². The molecule has 0 fully saturated rings. The number of nitrogens with zero attached hydrogens (tertiary/aromatic N) is 1. The standard InChI is InChI=1S/C11H17N/c1-5-6-7-8-10(2)11(3)9-12-4/h5-10H,4H2,1-3H3/b6-5-,8-7-,11-9+. The zero-order chi connectivity index (χ0) is 9.40. The van der Waals surface area contributed by atoms with Gasteiger partial charge >= 0.3 is 0 Å². The van der Waals surface area contributed by atoms with Crippen molar-refractivity contribution in [3.8, 4) is 0 Å². The molecule has 0 heterocycles. The summed E-state index contributed by atoms with van der Waals surface area (Å²) < 4.78 is 0. The third-order valence-corrected chi connectivity index (χ3v) is 1.72. The Kier molecular flexibility index (Phi) is 5.98. The van der Waals surface area contributed by atoms with Gasteiger partial charge in [0.25, 0.3) is 0 Å². The van der Waals surface area contributed by atoms with E-state index in [-0.39, 0.29) is 0 Å². The monoisotopic (exact) mass is 163 g/mol. The van der Waals surface area contributed by atoms with Gasteiger partial charge in [0.15, 0.2) is 0 Å². The second kappa shape index (κ2) is 6.59. The van der Waals surface area contributed by atoms with Crippen LogP contribution in [-0.2, 0) is 0 Å². The molecule has 12 heavy (non-hydrogen) atoms. The van der Waals surface area contributed by atoms with E-state index in [0.717, 1.165) is 0 Å². The van der Waals surface area contributed by atoms with Crippen molar-refractivity contribution >= 4 is 6.72 Å². The molecule has 0 aromatic carbocycles. The van der Waals surface area contributed by atoms with Gasteiger partial charge in [-0.1, -0.05) is 31.2 Å². The summed E-state index contributed by atoms with van der Waals surface area (Å²) in [4.78, 5) is 3.72. The first-order chi connectivity index (χ1) is 5.72. The molecule has 0 aliphatic rings. The maximum absolute atomic E-state index is 3.72. The first-order valence-electron chi connectivity index (χ1n) is 4.14. The fourth-order valence-electron chi connectivity index (χ4n) is 0.755. The first-order valence-corrected chi connectivity index (χ1v) is 4.14. The summed E-state index contributed by atoms with van der Waals surface area (Å²) in [6, 6.07) is 0. The van der Waals surface area contributed by atoms with Crippen molar-refractivity contribution in [2.45, 2.75) is 20.8 Å². The minimum absolute atomic E-state index is 0.437. The van der Waals surface area contributed by atoms with Gasteiger partial charge in [-0.05, 0) is 32.1 Å². The van der Waals surface area contributed by atoms with Crippen molar-refractivity contribution in [2.24, 2.45) is 10.9 Å². The predicted octanol–water partition coefficient (Wildman–Crippen LogP) is 3.36. The smallest absolute Gasteiger partial charge is 0.0255 e. The molecule has 1 nitrogen and oxygen atoms in total. The second-order valence-electron chi connectivity index (χ2n) is 2.76. The molecule has 66 valence electrons. The van der Waals surface area contributed by atoms with Crippen LogP contribution in [0.2, 0.25) is 0 Å². The van der Waals surface area contributed by atoms with Crippen LogP contribution >= 0.6 is 0 Å². The van der Waals surface area contributed by atoms with Gasteiger partial charge in [-0.25, -0.2) is 0 Å². The summed E-state index contributed by atoms with van der Waals surface area (Å²) in [7, 11) is 0. The maximum Gasteiger partial charge on any atom is 0.0255 e. The highest BCUT2D eigenvalue weighted by Crippen LogP contribution is 2.10. The van der Waals surface area contributed by atoms with Crippen LogP contribution in [-0.4, -0.2) is 6.72 Å². The molecule has 0 N–H and O–H groups in total. The van der Waals surface area contributed by atoms with Gasteiger partial charge in [0.1, 0.15) is 0 Å². The third-order valence-electron chi connectivity index (χ3n) is 1.72. The van der Waals surface area contributed by atoms with Crippen molar-refractivity contribution in [1.82, 2.24) is 0 Å². The highest BCUT2D eigenvalue weighted by Gasteiger charge is 1.96. The Morgan fingerprint density at radius 1 is 1.42 bits per heavy atom. The summed E-state index contributed by atoms with van der Waals surface area (Å²) >= 11 is 0. The van der Waals surface area contributed by atoms with Crippen LogP contribution in [0, 0.1) is 5.92 Å². The Balaban J connectivity index is 4.11. The van der Waals surface area contributed by atoms with Crippen molar-refractivity contribution in [3.63, 3.8) is 0 Å². The average Bonchev–Trinajstić information content (AvgIpc) is 2.05. The van der Waals surface area contributed by atoms with E-state index in [1.54, 1.807) is 6.20 Å². The van der Waals surface area contributed by atoms with E-state index in [1.165, 1.54) is 5.57 Å².